The highest BCUT2D eigenvalue weighted by atomic mass is 19.1. The maximum Gasteiger partial charge on any atom is 0.317 e. The summed E-state index contributed by atoms with van der Waals surface area (Å²) in [5, 5.41) is 7.15. The third kappa shape index (κ3) is 5.24. The number of hydrogen-bond donors (Lipinski definition) is 2. The quantitative estimate of drug-likeness (QED) is 0.400. The normalized spacial score (nSPS) is 20.5. The number of nitrogens with one attached hydrogen (secondary N) is 2. The van der Waals surface area contributed by atoms with E-state index in [9.17, 15) is 9.18 Å². The number of piperazine rings is 1. The summed E-state index contributed by atoms with van der Waals surface area (Å²) in [5.74, 6) is -0.919. The van der Waals surface area contributed by atoms with E-state index in [4.69, 9.17) is 14.5 Å². The van der Waals surface area contributed by atoms with Crippen LogP contribution in [0.2, 0.25) is 0 Å². The van der Waals surface area contributed by atoms with Gasteiger partial charge < -0.3 is 29.4 Å². The van der Waals surface area contributed by atoms with Gasteiger partial charge in [-0.25, -0.2) is 14.4 Å². The summed E-state index contributed by atoms with van der Waals surface area (Å²) in [6, 6.07) is 5.82. The van der Waals surface area contributed by atoms with Crippen LogP contribution in [0.4, 0.5) is 15.8 Å². The lowest BCUT2D eigenvalue weighted by molar-refractivity contribution is 0.0218. The molecule has 2 saturated heterocycles. The van der Waals surface area contributed by atoms with E-state index in [1.165, 1.54) is 6.07 Å². The Hall–Kier alpha value is -3.83. The van der Waals surface area contributed by atoms with Crippen LogP contribution >= 0.6 is 0 Å². The maximum absolute atomic E-state index is 14.7. The van der Waals surface area contributed by atoms with Crippen LogP contribution in [0.15, 0.2) is 36.8 Å². The van der Waals surface area contributed by atoms with E-state index in [2.05, 4.69) is 39.3 Å². The van der Waals surface area contributed by atoms with Crippen molar-refractivity contribution in [2.75, 3.05) is 36.5 Å². The number of anilines is 2. The number of halogens is 1. The zero-order chi connectivity index (χ0) is 27.1. The molecule has 0 bridgehead atoms. The second kappa shape index (κ2) is 10.4. The van der Waals surface area contributed by atoms with Crippen molar-refractivity contribution in [1.82, 2.24) is 24.7 Å². The van der Waals surface area contributed by atoms with Crippen LogP contribution in [0.1, 0.15) is 42.7 Å². The Morgan fingerprint density at radius 2 is 1.92 bits per heavy atom. The summed E-state index contributed by atoms with van der Waals surface area (Å²) in [4.78, 5) is 29.3. The smallest absolute Gasteiger partial charge is 0.317 e. The van der Waals surface area contributed by atoms with Gasteiger partial charge in [-0.3, -0.25) is 4.79 Å². The number of nitrogens with zero attached hydrogens (tertiary/aromatic N) is 5. The fraction of sp³-hybridized carbons (Fsp3) is 0.429. The molecule has 0 aliphatic carbocycles. The molecule has 0 unspecified atom stereocenters. The van der Waals surface area contributed by atoms with Crippen molar-refractivity contribution in [2.24, 2.45) is 0 Å². The molecule has 39 heavy (non-hydrogen) atoms. The Kier molecular flexibility index (Phi) is 6.78. The topological polar surface area (TPSA) is 106 Å². The van der Waals surface area contributed by atoms with Gasteiger partial charge in [0.2, 0.25) is 0 Å². The van der Waals surface area contributed by atoms with Gasteiger partial charge in [0.1, 0.15) is 6.10 Å². The Bertz CT molecular complexity index is 1520. The van der Waals surface area contributed by atoms with Gasteiger partial charge in [-0.15, -0.1) is 0 Å². The molecule has 3 aromatic heterocycles. The first-order chi connectivity index (χ1) is 18.8. The van der Waals surface area contributed by atoms with Crippen molar-refractivity contribution in [2.45, 2.75) is 51.8 Å². The lowest BCUT2D eigenvalue weighted by atomic mass is 10.0. The molecular formula is C28H32FN7O3. The molecule has 0 spiro atoms. The monoisotopic (exact) mass is 533 g/mol. The van der Waals surface area contributed by atoms with Crippen molar-refractivity contribution in [3.05, 3.63) is 53.9 Å². The molecule has 1 aromatic carbocycles. The summed E-state index contributed by atoms with van der Waals surface area (Å²) < 4.78 is 27.8. The number of rotatable bonds is 5. The van der Waals surface area contributed by atoms with Crippen LogP contribution in [0.3, 0.4) is 0 Å². The van der Waals surface area contributed by atoms with Gasteiger partial charge in [0.15, 0.2) is 11.5 Å². The van der Waals surface area contributed by atoms with Gasteiger partial charge in [0.05, 0.1) is 35.7 Å². The Morgan fingerprint density at radius 3 is 2.69 bits per heavy atom. The van der Waals surface area contributed by atoms with Gasteiger partial charge in [-0.05, 0) is 32.9 Å². The van der Waals surface area contributed by atoms with Crippen LogP contribution in [-0.2, 0) is 4.74 Å². The van der Waals surface area contributed by atoms with Gasteiger partial charge in [-0.1, -0.05) is 0 Å². The number of fused-ring (bicyclic) bond motifs is 2. The number of aryl methyl sites for hydroxylation is 1. The zero-order valence-corrected chi connectivity index (χ0v) is 22.3. The van der Waals surface area contributed by atoms with Crippen molar-refractivity contribution >= 4 is 33.8 Å². The number of ether oxygens (including phenoxy) is 2. The molecule has 1 amide bonds. The van der Waals surface area contributed by atoms with Crippen molar-refractivity contribution in [1.29, 1.82) is 0 Å². The minimum Gasteiger partial charge on any atom is -0.460 e. The van der Waals surface area contributed by atoms with Crippen LogP contribution in [0, 0.1) is 12.7 Å². The number of imidazole rings is 1. The van der Waals surface area contributed by atoms with Crippen LogP contribution in [-0.4, -0.2) is 69.8 Å². The maximum atomic E-state index is 14.7. The molecule has 10 nitrogen and oxygen atoms in total. The molecule has 0 saturated carbocycles. The van der Waals surface area contributed by atoms with Crippen LogP contribution < -0.4 is 20.3 Å². The Labute approximate surface area is 225 Å². The summed E-state index contributed by atoms with van der Waals surface area (Å²) in [7, 11) is 0. The number of carbonyl (C=O) groups excluding carboxylic acids is 1. The van der Waals surface area contributed by atoms with Gasteiger partial charge in [0, 0.05) is 73.7 Å². The van der Waals surface area contributed by atoms with E-state index in [1.54, 1.807) is 36.0 Å². The Balaban J connectivity index is 1.38. The SMILES string of the molecule is Cc1cn2cc(NC(=O)c3ccc(N4C[C@@H](C)N[C@@H](C)C4)c4cnc(OC5CCOCC5)nc34)cc(F)c2n1. The van der Waals surface area contributed by atoms with E-state index in [1.807, 2.05) is 6.07 Å². The third-order valence-electron chi connectivity index (χ3n) is 7.17. The zero-order valence-electron chi connectivity index (χ0n) is 22.3. The van der Waals surface area contributed by atoms with E-state index >= 15 is 0 Å². The number of aromatic nitrogens is 4. The first-order valence-electron chi connectivity index (χ1n) is 13.4. The molecule has 2 fully saturated rings. The molecule has 6 rings (SSSR count). The molecule has 0 radical (unpaired) electrons. The van der Waals surface area contributed by atoms with Crippen LogP contribution in [0.25, 0.3) is 16.6 Å². The van der Waals surface area contributed by atoms with E-state index in [0.717, 1.165) is 37.0 Å². The third-order valence-corrected chi connectivity index (χ3v) is 7.17. The average Bonchev–Trinajstić information content (AvgIpc) is 3.28. The number of hydrogen-bond acceptors (Lipinski definition) is 8. The molecule has 4 aromatic rings. The van der Waals surface area contributed by atoms with Crippen LogP contribution in [0.5, 0.6) is 6.01 Å². The lowest BCUT2D eigenvalue weighted by Gasteiger charge is -2.38. The molecule has 2 N–H and O–H groups in total. The predicted molar refractivity (Wildman–Crippen MR) is 146 cm³/mol. The predicted octanol–water partition coefficient (Wildman–Crippen LogP) is 3.72. The summed E-state index contributed by atoms with van der Waals surface area (Å²) in [6.45, 7) is 8.99. The molecule has 5 heterocycles. The highest BCUT2D eigenvalue weighted by Crippen LogP contribution is 2.31. The number of amides is 1. The molecule has 2 atom stereocenters. The van der Waals surface area contributed by atoms with Crippen molar-refractivity contribution in [3.63, 3.8) is 0 Å². The highest BCUT2D eigenvalue weighted by Gasteiger charge is 2.25. The minimum atomic E-state index is -0.516. The summed E-state index contributed by atoms with van der Waals surface area (Å²) in [5.41, 5.74) is 3.01. The highest BCUT2D eigenvalue weighted by molar-refractivity contribution is 6.13. The van der Waals surface area contributed by atoms with Gasteiger partial charge in [0.25, 0.3) is 5.91 Å². The van der Waals surface area contributed by atoms with Crippen molar-refractivity contribution < 1.29 is 18.7 Å². The van der Waals surface area contributed by atoms with Crippen molar-refractivity contribution in [3.8, 4) is 6.01 Å². The summed E-state index contributed by atoms with van der Waals surface area (Å²) in [6.07, 6.45) is 6.56. The number of pyridine rings is 1. The minimum absolute atomic E-state index is 0.0418. The second-order valence-electron chi connectivity index (χ2n) is 10.5. The Morgan fingerprint density at radius 1 is 1.15 bits per heavy atom. The van der Waals surface area contributed by atoms with E-state index in [0.29, 0.717) is 47.8 Å². The first kappa shape index (κ1) is 25.4. The van der Waals surface area contributed by atoms with E-state index < -0.39 is 11.7 Å². The molecule has 2 aliphatic heterocycles. The average molecular weight is 534 g/mol. The first-order valence-corrected chi connectivity index (χ1v) is 13.4. The fourth-order valence-corrected chi connectivity index (χ4v) is 5.52. The molecular weight excluding hydrogens is 501 g/mol. The van der Waals surface area contributed by atoms with E-state index in [-0.39, 0.29) is 17.8 Å². The second-order valence-corrected chi connectivity index (χ2v) is 10.5. The molecule has 204 valence electrons. The van der Waals surface area contributed by atoms with Gasteiger partial charge in [-0.2, -0.15) is 4.98 Å². The van der Waals surface area contributed by atoms with Gasteiger partial charge >= 0.3 is 6.01 Å². The lowest BCUT2D eigenvalue weighted by Crippen LogP contribution is -2.54. The molecule has 11 heteroatoms. The number of benzene rings is 1. The number of carbonyl (C=O) groups is 1. The fourth-order valence-electron chi connectivity index (χ4n) is 5.52. The molecule has 2 aliphatic rings. The summed E-state index contributed by atoms with van der Waals surface area (Å²) >= 11 is 0. The standard InChI is InChI=1S/C28H32FN7O3/c1-16-12-35(13-17(2)31-16)24-5-4-21(25-22(24)11-30-28(34-25)39-20-6-8-38-9-7-20)27(37)33-19-10-23(29)26-32-18(3)14-36(26)15-19/h4-5,10-11,14-17,20,31H,6-9,12-13H2,1-3H3,(H,33,37)/t16-,17+. The largest absolute Gasteiger partial charge is 0.460 e.